The van der Waals surface area contributed by atoms with Gasteiger partial charge in [0.1, 0.15) is 30.2 Å². The summed E-state index contributed by atoms with van der Waals surface area (Å²) in [7, 11) is -8.45. The quantitative estimate of drug-likeness (QED) is 0.0653. The molecule has 3 aromatic rings. The molecule has 2 fully saturated rings. The maximum absolute atomic E-state index is 14.2. The van der Waals surface area contributed by atoms with Gasteiger partial charge >= 0.3 is 13.4 Å². The van der Waals surface area contributed by atoms with E-state index in [0.717, 1.165) is 4.57 Å². The molecule has 8 atom stereocenters. The molecule has 3 aromatic heterocycles. The number of H-pyrrole nitrogens is 1. The fourth-order valence-electron chi connectivity index (χ4n) is 5.21. The van der Waals surface area contributed by atoms with Gasteiger partial charge in [-0.3, -0.25) is 28.0 Å². The summed E-state index contributed by atoms with van der Waals surface area (Å²) < 4.78 is 60.5. The number of methoxy groups -OCH3 is 1. The Balaban J connectivity index is 1.35. The third-order valence-corrected chi connectivity index (χ3v) is 9.44. The second kappa shape index (κ2) is 14.8. The molecule has 0 saturated carbocycles. The Hall–Kier alpha value is -3.15. The normalized spacial score (nSPS) is 27.5. The van der Waals surface area contributed by atoms with Crippen molar-refractivity contribution in [1.29, 1.82) is 0 Å². The molecule has 1 unspecified atom stereocenters. The van der Waals surface area contributed by atoms with E-state index in [2.05, 4.69) is 29.5 Å². The van der Waals surface area contributed by atoms with E-state index in [1.807, 2.05) is 0 Å². The van der Waals surface area contributed by atoms with Crippen LogP contribution in [0, 0.1) is 0 Å². The van der Waals surface area contributed by atoms with Crippen molar-refractivity contribution in [3.8, 4) is 0 Å². The van der Waals surface area contributed by atoms with Gasteiger partial charge in [-0.1, -0.05) is 0 Å². The van der Waals surface area contributed by atoms with E-state index in [9.17, 15) is 38.7 Å². The SMILES string of the molecule is CO[C@@H]1[C@H](OP(=O)(NCCCOP(=O)([O-])[O-])OC[C@@H]2C[C@@H](O)[C@H](n3ccc(N)nc3=O)O2)[C@@H](CO)O[C@H]1n1cnc2c(=O)[nH]c(N)nc21. The molecule has 0 aromatic carbocycles. The largest absolute Gasteiger partial charge is 0.790 e. The molecule has 0 spiro atoms. The summed E-state index contributed by atoms with van der Waals surface area (Å²) in [5.74, 6) is -0.237. The lowest BCUT2D eigenvalue weighted by atomic mass is 10.1. The zero-order chi connectivity index (χ0) is 34.8. The van der Waals surface area contributed by atoms with Crippen LogP contribution < -0.4 is 37.6 Å². The van der Waals surface area contributed by atoms with Crippen molar-refractivity contribution >= 4 is 38.5 Å². The lowest BCUT2D eigenvalue weighted by Crippen LogP contribution is -2.38. The van der Waals surface area contributed by atoms with E-state index in [1.165, 1.54) is 30.3 Å². The Kier molecular flexibility index (Phi) is 11.1. The molecule has 25 heteroatoms. The zero-order valence-electron chi connectivity index (χ0n) is 25.1. The molecule has 8 N–H and O–H groups in total. The second-order valence-corrected chi connectivity index (χ2v) is 13.6. The Morgan fingerprint density at radius 1 is 1.15 bits per heavy atom. The number of nitrogen functional groups attached to an aromatic ring is 2. The molecule has 2 aliphatic rings. The van der Waals surface area contributed by atoms with Gasteiger partial charge in [-0.2, -0.15) is 9.97 Å². The predicted octanol–water partition coefficient (Wildman–Crippen LogP) is -3.57. The Labute approximate surface area is 269 Å². The van der Waals surface area contributed by atoms with Crippen LogP contribution in [0.15, 0.2) is 28.2 Å². The van der Waals surface area contributed by atoms with Gasteiger partial charge in [0.2, 0.25) is 5.95 Å². The average Bonchev–Trinajstić information content (AvgIpc) is 3.70. The fourth-order valence-corrected chi connectivity index (χ4v) is 7.16. The number of phosphoric ester groups is 1. The van der Waals surface area contributed by atoms with Crippen molar-refractivity contribution in [3.05, 3.63) is 39.4 Å². The van der Waals surface area contributed by atoms with E-state index < -0.39 is 89.6 Å². The Morgan fingerprint density at radius 3 is 2.60 bits per heavy atom. The number of ether oxygens (including phenoxy) is 3. The van der Waals surface area contributed by atoms with Gasteiger partial charge < -0.3 is 54.8 Å². The van der Waals surface area contributed by atoms with Crippen molar-refractivity contribution in [2.75, 3.05) is 44.9 Å². The van der Waals surface area contributed by atoms with Crippen LogP contribution >= 0.6 is 15.6 Å². The van der Waals surface area contributed by atoms with Gasteiger partial charge in [-0.25, -0.2) is 19.4 Å². The minimum atomic E-state index is -5.26. The highest BCUT2D eigenvalue weighted by Crippen LogP contribution is 2.50. The van der Waals surface area contributed by atoms with Crippen molar-refractivity contribution in [1.82, 2.24) is 34.2 Å². The standard InChI is InChI=1S/C23H35N9O14P2/c1-41-17-16(13(8-33)45-21(17)32-10-26-15-18(32)29-22(25)30-19(15)35)46-47(37,27-4-2-6-42-48(38,39)40)43-9-11-7-12(34)20(44-11)31-5-3-14(24)28-23(31)36/h3,5,10-13,16-17,20-21,33-34H,2,4,6-9H2,1H3,(H,27,37)(H2,24,28,36)(H2,38,39,40)(H3,25,29,30,35)/p-2/t11-,12+,13+,16+,17+,20+,21+,47?/m0/s1. The minimum absolute atomic E-state index is 0.0223. The second-order valence-electron chi connectivity index (χ2n) is 10.6. The monoisotopic (exact) mass is 721 g/mol. The van der Waals surface area contributed by atoms with Crippen molar-refractivity contribution in [2.24, 2.45) is 0 Å². The first kappa shape index (κ1) is 36.1. The van der Waals surface area contributed by atoms with Crippen LogP contribution in [-0.2, 0) is 36.9 Å². The smallest absolute Gasteiger partial charge is 0.406 e. The van der Waals surface area contributed by atoms with E-state index in [-0.39, 0.29) is 42.3 Å². The van der Waals surface area contributed by atoms with Crippen LogP contribution in [0.2, 0.25) is 0 Å². The molecule has 0 bridgehead atoms. The number of imidazole rings is 1. The van der Waals surface area contributed by atoms with Crippen molar-refractivity contribution < 1.29 is 56.9 Å². The molecule has 266 valence electrons. The van der Waals surface area contributed by atoms with Gasteiger partial charge in [0.25, 0.3) is 5.56 Å². The number of aliphatic hydroxyl groups is 2. The number of aromatic amines is 1. The number of hydrogen-bond acceptors (Lipinski definition) is 19. The van der Waals surface area contributed by atoms with Crippen molar-refractivity contribution in [3.63, 3.8) is 0 Å². The number of nitrogens with one attached hydrogen (secondary N) is 2. The number of aliphatic hydroxyl groups excluding tert-OH is 2. The van der Waals surface area contributed by atoms with Gasteiger partial charge in [-0.05, 0) is 12.5 Å². The highest BCUT2D eigenvalue weighted by molar-refractivity contribution is 7.51. The van der Waals surface area contributed by atoms with E-state index in [1.54, 1.807) is 0 Å². The maximum atomic E-state index is 14.2. The number of nitrogens with two attached hydrogens (primary N) is 2. The molecular weight excluding hydrogens is 688 g/mol. The molecule has 2 aliphatic heterocycles. The maximum Gasteiger partial charge on any atom is 0.406 e. The highest BCUT2D eigenvalue weighted by atomic mass is 31.2. The van der Waals surface area contributed by atoms with Crippen LogP contribution in [0.4, 0.5) is 11.8 Å². The molecule has 0 amide bonds. The molecule has 5 rings (SSSR count). The number of nitrogens with zero attached hydrogens (tertiary/aromatic N) is 5. The van der Waals surface area contributed by atoms with Gasteiger partial charge in [0, 0.05) is 26.3 Å². The average molecular weight is 722 g/mol. The van der Waals surface area contributed by atoms with Crippen LogP contribution in [0.3, 0.4) is 0 Å². The Morgan fingerprint density at radius 2 is 1.92 bits per heavy atom. The summed E-state index contributed by atoms with van der Waals surface area (Å²) >= 11 is 0. The topological polar surface area (TPSA) is 339 Å². The lowest BCUT2D eigenvalue weighted by molar-refractivity contribution is -0.341. The summed E-state index contributed by atoms with van der Waals surface area (Å²) in [4.78, 5) is 60.3. The molecule has 0 aliphatic carbocycles. The number of aromatic nitrogens is 6. The first-order valence-electron chi connectivity index (χ1n) is 14.3. The molecule has 2 saturated heterocycles. The van der Waals surface area contributed by atoms with Crippen LogP contribution in [0.1, 0.15) is 25.3 Å². The number of fused-ring (bicyclic) bond motifs is 1. The van der Waals surface area contributed by atoms with Crippen LogP contribution in [0.5, 0.6) is 0 Å². The molecule has 23 nitrogen and oxygen atoms in total. The van der Waals surface area contributed by atoms with Crippen molar-refractivity contribution in [2.45, 2.75) is 55.8 Å². The van der Waals surface area contributed by atoms with Crippen LogP contribution in [-0.4, -0.2) is 103 Å². The fraction of sp³-hybridized carbons (Fsp3) is 0.609. The van der Waals surface area contributed by atoms with E-state index in [4.69, 9.17) is 34.7 Å². The minimum Gasteiger partial charge on any atom is -0.790 e. The van der Waals surface area contributed by atoms with Crippen LogP contribution in [0.25, 0.3) is 11.2 Å². The number of rotatable bonds is 15. The first-order valence-corrected chi connectivity index (χ1v) is 17.3. The first-order chi connectivity index (χ1) is 22.7. The lowest BCUT2D eigenvalue weighted by Gasteiger charge is -2.29. The molecule has 48 heavy (non-hydrogen) atoms. The third kappa shape index (κ3) is 8.17. The van der Waals surface area contributed by atoms with E-state index in [0.29, 0.717) is 0 Å². The molecule has 5 heterocycles. The number of phosphoric acid groups is 1. The van der Waals surface area contributed by atoms with Gasteiger partial charge in [0.15, 0.2) is 23.6 Å². The summed E-state index contributed by atoms with van der Waals surface area (Å²) in [6.45, 7) is -1.92. The van der Waals surface area contributed by atoms with Gasteiger partial charge in [-0.15, -0.1) is 0 Å². The van der Waals surface area contributed by atoms with E-state index >= 15 is 0 Å². The summed E-state index contributed by atoms with van der Waals surface area (Å²) in [6, 6.07) is 1.34. The summed E-state index contributed by atoms with van der Waals surface area (Å²) in [5.41, 5.74) is 9.80. The predicted molar refractivity (Wildman–Crippen MR) is 156 cm³/mol. The molecular formula is C23H33N9O14P2-2. The number of hydrogen-bond donors (Lipinski definition) is 6. The zero-order valence-corrected chi connectivity index (χ0v) is 26.9. The summed E-state index contributed by atoms with van der Waals surface area (Å²) in [5, 5.41) is 23.3. The third-order valence-electron chi connectivity index (χ3n) is 7.32. The summed E-state index contributed by atoms with van der Waals surface area (Å²) in [6.07, 6.45) is -5.72. The number of anilines is 2. The van der Waals surface area contributed by atoms with Gasteiger partial charge in [0.05, 0.1) is 40.1 Å². The molecule has 0 radical (unpaired) electrons. The Bertz CT molecular complexity index is 1800. The highest BCUT2D eigenvalue weighted by Gasteiger charge is 2.50.